The summed E-state index contributed by atoms with van der Waals surface area (Å²) in [6.45, 7) is 0. The Bertz CT molecular complexity index is 347. The molecule has 1 N–H and O–H groups in total. The number of oxime groups is 1. The molecule has 0 aliphatic carbocycles. The summed E-state index contributed by atoms with van der Waals surface area (Å²) in [6, 6.07) is 3.70. The lowest BCUT2D eigenvalue weighted by atomic mass is 10.5. The summed E-state index contributed by atoms with van der Waals surface area (Å²) in [5, 5.41) is 14.5. The Hall–Kier alpha value is -0.850. The van der Waals surface area contributed by atoms with Crippen LogP contribution < -0.4 is 0 Å². The third-order valence-electron chi connectivity index (χ3n) is 1.37. The van der Waals surface area contributed by atoms with Crippen LogP contribution in [0.25, 0.3) is 0 Å². The Kier molecular flexibility index (Phi) is 2.34. The van der Waals surface area contributed by atoms with Crippen molar-refractivity contribution in [2.24, 2.45) is 5.16 Å². The second-order valence-corrected chi connectivity index (χ2v) is 4.19. The van der Waals surface area contributed by atoms with E-state index in [9.17, 15) is 4.79 Å². The average molecular weight is 215 g/mol. The fourth-order valence-electron chi connectivity index (χ4n) is 0.801. The predicted octanol–water partition coefficient (Wildman–Crippen LogP) is 1.02. The first-order valence-corrected chi connectivity index (χ1v) is 5.14. The maximum atomic E-state index is 11.0. The van der Waals surface area contributed by atoms with E-state index in [0.717, 1.165) is 16.6 Å². The van der Waals surface area contributed by atoms with E-state index >= 15 is 0 Å². The van der Waals surface area contributed by atoms with Crippen molar-refractivity contribution in [3.05, 3.63) is 22.4 Å². The van der Waals surface area contributed by atoms with Crippen molar-refractivity contribution in [3.63, 3.8) is 0 Å². The molecule has 0 amide bonds. The number of nitrogens with zero attached hydrogens (tertiary/aromatic N) is 1. The van der Waals surface area contributed by atoms with Gasteiger partial charge in [0.1, 0.15) is 0 Å². The topological polar surface area (TPSA) is 58.9 Å². The molecule has 68 valence electrons. The highest BCUT2D eigenvalue weighted by atomic mass is 32.2. The molecular weight excluding hydrogens is 210 g/mol. The zero-order valence-corrected chi connectivity index (χ0v) is 7.97. The van der Waals surface area contributed by atoms with Crippen LogP contribution in [0.3, 0.4) is 0 Å². The number of aliphatic hydroxyl groups is 1. The van der Waals surface area contributed by atoms with Crippen molar-refractivity contribution < 1.29 is 14.7 Å². The summed E-state index contributed by atoms with van der Waals surface area (Å²) in [5.74, 6) is 0. The summed E-state index contributed by atoms with van der Waals surface area (Å²) in [4.78, 5) is 16.4. The summed E-state index contributed by atoms with van der Waals surface area (Å²) >= 11 is 2.37. The first-order valence-electron chi connectivity index (χ1n) is 3.45. The molecular formula is C7H5NO3S2. The molecule has 2 rings (SSSR count). The van der Waals surface area contributed by atoms with Crippen molar-refractivity contribution in [2.45, 2.75) is 6.29 Å². The van der Waals surface area contributed by atoms with Crippen LogP contribution in [0.2, 0.25) is 0 Å². The van der Waals surface area contributed by atoms with E-state index < -0.39 is 11.4 Å². The van der Waals surface area contributed by atoms with Crippen LogP contribution in [0.15, 0.2) is 22.7 Å². The van der Waals surface area contributed by atoms with Gasteiger partial charge in [-0.1, -0.05) is 11.2 Å². The molecule has 1 aromatic rings. The fraction of sp³-hybridized carbons (Fsp3) is 0.143. The Labute approximate surface area is 82.2 Å². The largest absolute Gasteiger partial charge is 0.353 e. The van der Waals surface area contributed by atoms with Crippen LogP contribution in [0, 0.1) is 0 Å². The van der Waals surface area contributed by atoms with Gasteiger partial charge >= 0.3 is 0 Å². The van der Waals surface area contributed by atoms with E-state index in [1.165, 1.54) is 11.3 Å². The Morgan fingerprint density at radius 2 is 2.46 bits per heavy atom. The summed E-state index contributed by atoms with van der Waals surface area (Å²) in [6.07, 6.45) is -1.42. The maximum Gasteiger partial charge on any atom is 0.294 e. The maximum absolute atomic E-state index is 11.0. The third-order valence-corrected chi connectivity index (χ3v) is 3.26. The molecule has 6 heteroatoms. The molecule has 1 aliphatic heterocycles. The van der Waals surface area contributed by atoms with Crippen LogP contribution in [0.4, 0.5) is 0 Å². The van der Waals surface area contributed by atoms with Crippen molar-refractivity contribution in [3.8, 4) is 0 Å². The summed E-state index contributed by atoms with van der Waals surface area (Å²) < 4.78 is 0. The van der Waals surface area contributed by atoms with Gasteiger partial charge in [0.25, 0.3) is 11.4 Å². The number of carbonyl (C=O) groups excluding carboxylic acids is 1. The van der Waals surface area contributed by atoms with Gasteiger partial charge in [0.15, 0.2) is 5.04 Å². The van der Waals surface area contributed by atoms with Crippen molar-refractivity contribution in [1.29, 1.82) is 0 Å². The van der Waals surface area contributed by atoms with Gasteiger partial charge in [-0.25, -0.2) is 0 Å². The normalized spacial score (nSPS) is 22.4. The lowest BCUT2D eigenvalue weighted by molar-refractivity contribution is -0.146. The number of thiophene rings is 1. The number of hydrogen-bond donors (Lipinski definition) is 1. The highest BCUT2D eigenvalue weighted by Crippen LogP contribution is 2.24. The zero-order chi connectivity index (χ0) is 9.26. The fourth-order valence-corrected chi connectivity index (χ4v) is 2.25. The second kappa shape index (κ2) is 3.49. The third kappa shape index (κ3) is 1.74. The van der Waals surface area contributed by atoms with Crippen LogP contribution in [-0.2, 0) is 9.63 Å². The number of aliphatic hydroxyl groups excluding tert-OH is 1. The van der Waals surface area contributed by atoms with E-state index in [1.807, 2.05) is 17.5 Å². The average Bonchev–Trinajstić information content (AvgIpc) is 2.62. The summed E-state index contributed by atoms with van der Waals surface area (Å²) in [7, 11) is 0. The molecule has 0 saturated carbocycles. The molecule has 2 heterocycles. The molecule has 13 heavy (non-hydrogen) atoms. The van der Waals surface area contributed by atoms with Crippen LogP contribution in [0.1, 0.15) is 4.88 Å². The first-order chi connectivity index (χ1) is 6.27. The number of carbonyl (C=O) groups is 1. The Morgan fingerprint density at radius 3 is 3.08 bits per heavy atom. The molecule has 1 aliphatic rings. The monoisotopic (exact) mass is 215 g/mol. The van der Waals surface area contributed by atoms with E-state index in [-0.39, 0.29) is 0 Å². The number of thioether (sulfide) groups is 1. The van der Waals surface area contributed by atoms with Crippen molar-refractivity contribution in [2.75, 3.05) is 0 Å². The van der Waals surface area contributed by atoms with E-state index in [2.05, 4.69) is 9.99 Å². The molecule has 0 aromatic carbocycles. The van der Waals surface area contributed by atoms with E-state index in [1.54, 1.807) is 0 Å². The van der Waals surface area contributed by atoms with Gasteiger partial charge in [0, 0.05) is 0 Å². The van der Waals surface area contributed by atoms with Gasteiger partial charge in [-0.15, -0.1) is 11.3 Å². The molecule has 0 radical (unpaired) electrons. The predicted molar refractivity (Wildman–Crippen MR) is 50.5 cm³/mol. The highest BCUT2D eigenvalue weighted by molar-refractivity contribution is 8.27. The van der Waals surface area contributed by atoms with Gasteiger partial charge in [-0.05, 0) is 23.2 Å². The lowest BCUT2D eigenvalue weighted by Gasteiger charge is -2.13. The molecule has 1 atom stereocenters. The minimum atomic E-state index is -1.42. The molecule has 0 fully saturated rings. The van der Waals surface area contributed by atoms with Crippen LogP contribution >= 0.6 is 23.1 Å². The molecule has 1 aromatic heterocycles. The van der Waals surface area contributed by atoms with E-state index in [0.29, 0.717) is 5.04 Å². The zero-order valence-electron chi connectivity index (χ0n) is 6.34. The standard InChI is InChI=1S/C7H5NO3S2/c9-6-7(10)13-5(8-11-6)4-2-1-3-12-4/h1-3,6,9H. The minimum Gasteiger partial charge on any atom is -0.353 e. The smallest absolute Gasteiger partial charge is 0.294 e. The molecule has 0 spiro atoms. The SMILES string of the molecule is O=C1SC(c2cccs2)=NOC1O. The Balaban J connectivity index is 2.23. The molecule has 0 saturated heterocycles. The highest BCUT2D eigenvalue weighted by Gasteiger charge is 2.26. The lowest BCUT2D eigenvalue weighted by Crippen LogP contribution is -2.24. The quantitative estimate of drug-likeness (QED) is 0.759. The molecule has 0 bridgehead atoms. The van der Waals surface area contributed by atoms with Gasteiger partial charge in [0.2, 0.25) is 0 Å². The van der Waals surface area contributed by atoms with E-state index in [4.69, 9.17) is 5.11 Å². The van der Waals surface area contributed by atoms with Gasteiger partial charge < -0.3 is 9.94 Å². The van der Waals surface area contributed by atoms with Crippen LogP contribution in [-0.4, -0.2) is 21.6 Å². The summed E-state index contributed by atoms with van der Waals surface area (Å²) in [5.41, 5.74) is 0. The van der Waals surface area contributed by atoms with Gasteiger partial charge in [-0.3, -0.25) is 4.79 Å². The molecule has 4 nitrogen and oxygen atoms in total. The van der Waals surface area contributed by atoms with Gasteiger partial charge in [0.05, 0.1) is 4.88 Å². The minimum absolute atomic E-state index is 0.432. The number of rotatable bonds is 1. The second-order valence-electron chi connectivity index (χ2n) is 2.25. The van der Waals surface area contributed by atoms with Crippen LogP contribution in [0.5, 0.6) is 0 Å². The Morgan fingerprint density at radius 1 is 1.62 bits per heavy atom. The van der Waals surface area contributed by atoms with Gasteiger partial charge in [-0.2, -0.15) is 0 Å². The molecule has 1 unspecified atom stereocenters. The van der Waals surface area contributed by atoms with Crippen molar-refractivity contribution >= 4 is 33.3 Å². The number of hydrogen-bond acceptors (Lipinski definition) is 6. The van der Waals surface area contributed by atoms with Crippen molar-refractivity contribution in [1.82, 2.24) is 0 Å². The first kappa shape index (κ1) is 8.74.